The van der Waals surface area contributed by atoms with Gasteiger partial charge in [-0.1, -0.05) is 45.4 Å². The molecule has 3 heteroatoms. The largest absolute Gasteiger partial charge is 0.392 e. The molecule has 2 aromatic rings. The van der Waals surface area contributed by atoms with E-state index in [2.05, 4.69) is 48.0 Å². The van der Waals surface area contributed by atoms with Crippen LogP contribution in [0.1, 0.15) is 16.7 Å². The molecule has 2 aromatic carbocycles. The third-order valence-electron chi connectivity index (χ3n) is 2.74. The fraction of sp³-hybridized carbons (Fsp3) is 0.200. The van der Waals surface area contributed by atoms with Gasteiger partial charge in [0.05, 0.1) is 6.61 Å². The number of halogens is 1. The highest BCUT2D eigenvalue weighted by Crippen LogP contribution is 2.34. The average Bonchev–Trinajstić information content (AvgIpc) is 2.34. The molecule has 0 atom stereocenters. The molecule has 0 aliphatic heterocycles. The van der Waals surface area contributed by atoms with E-state index in [1.807, 2.05) is 18.2 Å². The van der Waals surface area contributed by atoms with Gasteiger partial charge in [0.15, 0.2) is 0 Å². The van der Waals surface area contributed by atoms with Crippen LogP contribution in [0.4, 0.5) is 0 Å². The van der Waals surface area contributed by atoms with Crippen molar-refractivity contribution in [2.75, 3.05) is 0 Å². The second-order valence-electron chi connectivity index (χ2n) is 4.28. The third kappa shape index (κ3) is 3.16. The van der Waals surface area contributed by atoms with Gasteiger partial charge in [0, 0.05) is 14.3 Å². The van der Waals surface area contributed by atoms with Crippen LogP contribution in [0.15, 0.2) is 50.7 Å². The van der Waals surface area contributed by atoms with Crippen LogP contribution >= 0.6 is 27.7 Å². The van der Waals surface area contributed by atoms with Gasteiger partial charge in [-0.15, -0.1) is 0 Å². The van der Waals surface area contributed by atoms with E-state index in [0.717, 1.165) is 14.9 Å². The van der Waals surface area contributed by atoms with Crippen molar-refractivity contribution in [3.63, 3.8) is 0 Å². The smallest absolute Gasteiger partial charge is 0.0693 e. The lowest BCUT2D eigenvalue weighted by molar-refractivity contribution is 0.279. The number of aryl methyl sites for hydroxylation is 2. The molecule has 2 rings (SSSR count). The Morgan fingerprint density at radius 3 is 2.44 bits per heavy atom. The normalized spacial score (nSPS) is 10.7. The van der Waals surface area contributed by atoms with E-state index in [-0.39, 0.29) is 6.61 Å². The minimum Gasteiger partial charge on any atom is -0.392 e. The minimum atomic E-state index is 0.0622. The maximum absolute atomic E-state index is 9.40. The van der Waals surface area contributed by atoms with E-state index >= 15 is 0 Å². The summed E-state index contributed by atoms with van der Waals surface area (Å²) in [4.78, 5) is 2.34. The molecule has 0 radical (unpaired) electrons. The quantitative estimate of drug-likeness (QED) is 0.883. The van der Waals surface area contributed by atoms with Gasteiger partial charge < -0.3 is 5.11 Å². The van der Waals surface area contributed by atoms with E-state index in [4.69, 9.17) is 0 Å². The van der Waals surface area contributed by atoms with Crippen molar-refractivity contribution in [2.45, 2.75) is 30.2 Å². The number of aliphatic hydroxyl groups excluding tert-OH is 1. The van der Waals surface area contributed by atoms with Crippen LogP contribution in [0.2, 0.25) is 0 Å². The van der Waals surface area contributed by atoms with Crippen LogP contribution in [0, 0.1) is 13.8 Å². The monoisotopic (exact) mass is 322 g/mol. The molecule has 0 aliphatic carbocycles. The van der Waals surface area contributed by atoms with Gasteiger partial charge in [0.25, 0.3) is 0 Å². The molecule has 0 aromatic heterocycles. The van der Waals surface area contributed by atoms with Crippen LogP contribution in [0.3, 0.4) is 0 Å². The van der Waals surface area contributed by atoms with Crippen molar-refractivity contribution < 1.29 is 5.11 Å². The summed E-state index contributed by atoms with van der Waals surface area (Å²) in [6.45, 7) is 4.28. The highest BCUT2D eigenvalue weighted by molar-refractivity contribution is 9.10. The number of hydrogen-bond donors (Lipinski definition) is 1. The molecule has 0 aliphatic rings. The molecule has 0 spiro atoms. The zero-order chi connectivity index (χ0) is 13.1. The van der Waals surface area contributed by atoms with Gasteiger partial charge in [-0.25, -0.2) is 0 Å². The molecule has 94 valence electrons. The molecule has 0 fully saturated rings. The molecule has 0 amide bonds. The Bertz CT molecular complexity index is 566. The summed E-state index contributed by atoms with van der Waals surface area (Å²) in [5, 5.41) is 9.40. The molecular formula is C15H15BrOS. The summed E-state index contributed by atoms with van der Waals surface area (Å²) in [6.07, 6.45) is 0. The Hall–Kier alpha value is -0.770. The van der Waals surface area contributed by atoms with Gasteiger partial charge in [-0.2, -0.15) is 0 Å². The third-order valence-corrected chi connectivity index (χ3v) is 4.53. The molecule has 0 saturated heterocycles. The fourth-order valence-corrected chi connectivity index (χ4v) is 3.20. The molecular weight excluding hydrogens is 308 g/mol. The Morgan fingerprint density at radius 1 is 1.06 bits per heavy atom. The topological polar surface area (TPSA) is 20.2 Å². The summed E-state index contributed by atoms with van der Waals surface area (Å²) < 4.78 is 0.997. The van der Waals surface area contributed by atoms with Gasteiger partial charge >= 0.3 is 0 Å². The lowest BCUT2D eigenvalue weighted by atomic mass is 10.2. The van der Waals surface area contributed by atoms with Crippen LogP contribution in [-0.2, 0) is 6.61 Å². The summed E-state index contributed by atoms with van der Waals surface area (Å²) in [7, 11) is 0. The maximum Gasteiger partial charge on any atom is 0.0693 e. The van der Waals surface area contributed by atoms with Crippen molar-refractivity contribution in [2.24, 2.45) is 0 Å². The van der Waals surface area contributed by atoms with Gasteiger partial charge in [0.2, 0.25) is 0 Å². The van der Waals surface area contributed by atoms with E-state index in [9.17, 15) is 5.11 Å². The standard InChI is InChI=1S/C15H15BrOS/c1-10-3-5-14(11(2)7-10)18-15-6-4-13(16)8-12(15)9-17/h3-8,17H,9H2,1-2H3. The van der Waals surface area contributed by atoms with Gasteiger partial charge in [0.1, 0.15) is 0 Å². The number of benzene rings is 2. The lowest BCUT2D eigenvalue weighted by Crippen LogP contribution is -1.89. The highest BCUT2D eigenvalue weighted by atomic mass is 79.9. The number of rotatable bonds is 3. The summed E-state index contributed by atoms with van der Waals surface area (Å²) in [6, 6.07) is 12.4. The van der Waals surface area contributed by atoms with Crippen molar-refractivity contribution in [1.29, 1.82) is 0 Å². The first-order chi connectivity index (χ1) is 8.60. The first-order valence-corrected chi connectivity index (χ1v) is 7.35. The predicted octanol–water partition coefficient (Wildman–Crippen LogP) is 4.71. The fourth-order valence-electron chi connectivity index (χ4n) is 1.80. The van der Waals surface area contributed by atoms with Crippen LogP contribution < -0.4 is 0 Å². The average molecular weight is 323 g/mol. The van der Waals surface area contributed by atoms with Gasteiger partial charge in [-0.05, 0) is 49.2 Å². The number of hydrogen-bond acceptors (Lipinski definition) is 2. The molecule has 18 heavy (non-hydrogen) atoms. The van der Waals surface area contributed by atoms with Crippen LogP contribution in [0.25, 0.3) is 0 Å². The van der Waals surface area contributed by atoms with E-state index in [1.165, 1.54) is 16.0 Å². The Kier molecular flexibility index (Phi) is 4.49. The van der Waals surface area contributed by atoms with E-state index in [0.29, 0.717) is 0 Å². The van der Waals surface area contributed by atoms with Crippen molar-refractivity contribution in [1.82, 2.24) is 0 Å². The molecule has 0 saturated carbocycles. The highest BCUT2D eigenvalue weighted by Gasteiger charge is 2.06. The first-order valence-electron chi connectivity index (χ1n) is 5.74. The molecule has 0 heterocycles. The Balaban J connectivity index is 2.33. The number of aliphatic hydroxyl groups is 1. The van der Waals surface area contributed by atoms with Crippen molar-refractivity contribution in [3.8, 4) is 0 Å². The summed E-state index contributed by atoms with van der Waals surface area (Å²) in [5.41, 5.74) is 3.50. The first kappa shape index (κ1) is 13.7. The summed E-state index contributed by atoms with van der Waals surface area (Å²) >= 11 is 5.13. The van der Waals surface area contributed by atoms with Crippen LogP contribution in [-0.4, -0.2) is 5.11 Å². The summed E-state index contributed by atoms with van der Waals surface area (Å²) in [5.74, 6) is 0. The molecule has 0 bridgehead atoms. The van der Waals surface area contributed by atoms with Gasteiger partial charge in [-0.3, -0.25) is 0 Å². The SMILES string of the molecule is Cc1ccc(Sc2ccc(Br)cc2CO)c(C)c1. The minimum absolute atomic E-state index is 0.0622. The zero-order valence-electron chi connectivity index (χ0n) is 10.4. The second kappa shape index (κ2) is 5.91. The predicted molar refractivity (Wildman–Crippen MR) is 80.1 cm³/mol. The maximum atomic E-state index is 9.40. The van der Waals surface area contributed by atoms with E-state index in [1.54, 1.807) is 11.8 Å². The lowest BCUT2D eigenvalue weighted by Gasteiger charge is -2.10. The Labute approximate surface area is 120 Å². The van der Waals surface area contributed by atoms with E-state index < -0.39 is 0 Å². The van der Waals surface area contributed by atoms with Crippen molar-refractivity contribution in [3.05, 3.63) is 57.6 Å². The second-order valence-corrected chi connectivity index (χ2v) is 6.28. The van der Waals surface area contributed by atoms with Crippen molar-refractivity contribution >= 4 is 27.7 Å². The molecule has 1 nitrogen and oxygen atoms in total. The molecule has 1 N–H and O–H groups in total. The zero-order valence-corrected chi connectivity index (χ0v) is 12.8. The van der Waals surface area contributed by atoms with Crippen LogP contribution in [0.5, 0.6) is 0 Å². The molecule has 0 unspecified atom stereocenters. The Morgan fingerprint density at radius 2 is 1.78 bits per heavy atom.